The van der Waals surface area contributed by atoms with E-state index in [1.54, 1.807) is 0 Å². The van der Waals surface area contributed by atoms with Crippen molar-refractivity contribution in [2.45, 2.75) is 0 Å². The number of carbonyl (C=O) groups is 1. The highest BCUT2D eigenvalue weighted by molar-refractivity contribution is 6.04. The molecule has 0 spiro atoms. The average molecular weight is 70.8 g/mol. The first-order valence-electron chi connectivity index (χ1n) is 0.933. The lowest BCUT2D eigenvalue weighted by atomic mass is 10.6. The third-order valence-corrected chi connectivity index (χ3v) is 0.116. The van der Waals surface area contributed by atoms with Crippen LogP contribution in [0, 0.1) is 0 Å². The van der Waals surface area contributed by atoms with E-state index in [1.807, 2.05) is 0 Å². The molecule has 0 heterocycles. The Morgan fingerprint density at radius 3 is 2.20 bits per heavy atom. The zero-order valence-electron chi connectivity index (χ0n) is 2.47. The van der Waals surface area contributed by atoms with E-state index in [-0.39, 0.29) is 0 Å². The van der Waals surface area contributed by atoms with E-state index in [0.717, 1.165) is 0 Å². The molecule has 0 rings (SSSR count). The van der Waals surface area contributed by atoms with Crippen LogP contribution in [0.2, 0.25) is 0 Å². The van der Waals surface area contributed by atoms with E-state index in [1.165, 1.54) is 0 Å². The van der Waals surface area contributed by atoms with Crippen molar-refractivity contribution in [1.82, 2.24) is 0 Å². The maximum absolute atomic E-state index is 9.24. The first-order chi connectivity index (χ1) is 2.27. The number of amides is 1. The molecule has 0 aromatic carbocycles. The number of carbonyl (C=O) groups excluding carboxylic acids is 1. The van der Waals surface area contributed by atoms with Crippen LogP contribution in [0.1, 0.15) is 0 Å². The molecule has 0 saturated carbocycles. The fourth-order valence-electron chi connectivity index (χ4n) is 0. The van der Waals surface area contributed by atoms with Crippen LogP contribution in [0.25, 0.3) is 0 Å². The SMILES string of the molecule is [B]OC(N)=O. The lowest BCUT2D eigenvalue weighted by Gasteiger charge is -1.81. The second-order valence-electron chi connectivity index (χ2n) is 0.437. The number of rotatable bonds is 0. The van der Waals surface area contributed by atoms with Crippen LogP contribution < -0.4 is 5.73 Å². The number of hydrogen-bond donors (Lipinski definition) is 1. The van der Waals surface area contributed by atoms with Crippen molar-refractivity contribution < 1.29 is 9.45 Å². The van der Waals surface area contributed by atoms with Gasteiger partial charge in [0.25, 0.3) is 0 Å². The van der Waals surface area contributed by atoms with Crippen LogP contribution in [0.4, 0.5) is 4.79 Å². The minimum absolute atomic E-state index is 0.968. The molecule has 0 saturated heterocycles. The lowest BCUT2D eigenvalue weighted by Crippen LogP contribution is -2.09. The van der Waals surface area contributed by atoms with Crippen LogP contribution in [-0.2, 0) is 4.65 Å². The Balaban J connectivity index is 2.85. The van der Waals surface area contributed by atoms with E-state index in [4.69, 9.17) is 0 Å². The Morgan fingerprint density at radius 2 is 2.20 bits per heavy atom. The number of primary amides is 1. The summed E-state index contributed by atoms with van der Waals surface area (Å²) in [5.41, 5.74) is 4.31. The molecule has 5 heavy (non-hydrogen) atoms. The van der Waals surface area contributed by atoms with E-state index >= 15 is 0 Å². The molecule has 0 fully saturated rings. The Labute approximate surface area is 30.5 Å². The van der Waals surface area contributed by atoms with Crippen LogP contribution >= 0.6 is 0 Å². The quantitative estimate of drug-likeness (QED) is 0.378. The van der Waals surface area contributed by atoms with Gasteiger partial charge in [-0.25, -0.2) is 4.79 Å². The maximum atomic E-state index is 9.24. The summed E-state index contributed by atoms with van der Waals surface area (Å²) in [6.45, 7) is 0. The third-order valence-electron chi connectivity index (χ3n) is 0.116. The Kier molecular flexibility index (Phi) is 1.42. The molecule has 2 radical (unpaired) electrons. The van der Waals surface area contributed by atoms with Gasteiger partial charge in [-0.15, -0.1) is 0 Å². The summed E-state index contributed by atoms with van der Waals surface area (Å²) in [7, 11) is 4.20. The molecule has 2 N–H and O–H groups in total. The topological polar surface area (TPSA) is 52.3 Å². The first kappa shape index (κ1) is 4.33. The summed E-state index contributed by atoms with van der Waals surface area (Å²) in [4.78, 5) is 9.24. The number of hydrogen-bond acceptors (Lipinski definition) is 2. The molecular weight excluding hydrogens is 68.8 g/mol. The lowest BCUT2D eigenvalue weighted by molar-refractivity contribution is 0.215. The van der Waals surface area contributed by atoms with Crippen molar-refractivity contribution >= 4 is 14.1 Å². The summed E-state index contributed by atoms with van der Waals surface area (Å²) in [5.74, 6) is 0. The first-order valence-corrected chi connectivity index (χ1v) is 0.933. The third kappa shape index (κ3) is 3.33. The molecule has 0 atom stereocenters. The van der Waals surface area contributed by atoms with Gasteiger partial charge in [-0.2, -0.15) is 0 Å². The Morgan fingerprint density at radius 1 is 2.00 bits per heavy atom. The van der Waals surface area contributed by atoms with Gasteiger partial charge in [-0.3, -0.25) is 0 Å². The maximum Gasteiger partial charge on any atom is 0.385 e. The van der Waals surface area contributed by atoms with Crippen molar-refractivity contribution in [3.05, 3.63) is 0 Å². The van der Waals surface area contributed by atoms with E-state index < -0.39 is 6.09 Å². The van der Waals surface area contributed by atoms with Gasteiger partial charge in [0, 0.05) is 0 Å². The molecule has 0 aliphatic carbocycles. The molecule has 0 aliphatic rings. The van der Waals surface area contributed by atoms with Crippen LogP contribution in [0.3, 0.4) is 0 Å². The summed E-state index contributed by atoms with van der Waals surface area (Å²) in [6, 6.07) is 0. The zero-order valence-corrected chi connectivity index (χ0v) is 2.47. The van der Waals surface area contributed by atoms with Crippen molar-refractivity contribution in [2.24, 2.45) is 5.73 Å². The van der Waals surface area contributed by atoms with Gasteiger partial charge in [0.05, 0.1) is 0 Å². The van der Waals surface area contributed by atoms with Crippen LogP contribution in [0.5, 0.6) is 0 Å². The molecule has 0 aromatic heterocycles. The van der Waals surface area contributed by atoms with Gasteiger partial charge in [-0.05, 0) is 0 Å². The highest BCUT2D eigenvalue weighted by Crippen LogP contribution is 1.53. The predicted octanol–water partition coefficient (Wildman–Crippen LogP) is -0.835. The van der Waals surface area contributed by atoms with E-state index in [0.29, 0.717) is 0 Å². The minimum atomic E-state index is -0.968. The van der Waals surface area contributed by atoms with Crippen LogP contribution in [0.15, 0.2) is 0 Å². The Hall–Kier alpha value is -0.665. The predicted molar refractivity (Wildman–Crippen MR) is 16.4 cm³/mol. The standard InChI is InChI=1S/CH2BNO2/c2-5-1(3)4/h(H2,3,4). The molecule has 1 amide bonds. The van der Waals surface area contributed by atoms with Gasteiger partial charge < -0.3 is 10.4 Å². The van der Waals surface area contributed by atoms with E-state index in [2.05, 4.69) is 18.4 Å². The van der Waals surface area contributed by atoms with Crippen molar-refractivity contribution in [1.29, 1.82) is 0 Å². The summed E-state index contributed by atoms with van der Waals surface area (Å²) in [6.07, 6.45) is -0.968. The molecule has 0 aromatic rings. The van der Waals surface area contributed by atoms with Gasteiger partial charge >= 0.3 is 14.1 Å². The van der Waals surface area contributed by atoms with Crippen molar-refractivity contribution in [2.75, 3.05) is 0 Å². The van der Waals surface area contributed by atoms with Gasteiger partial charge in [0.1, 0.15) is 0 Å². The van der Waals surface area contributed by atoms with Gasteiger partial charge in [0.15, 0.2) is 0 Å². The highest BCUT2D eigenvalue weighted by Gasteiger charge is 1.76. The Bertz CT molecular complexity index is 44.9. The molecule has 0 unspecified atom stereocenters. The second-order valence-corrected chi connectivity index (χ2v) is 0.437. The van der Waals surface area contributed by atoms with Gasteiger partial charge in [0.2, 0.25) is 0 Å². The zero-order chi connectivity index (χ0) is 4.28. The largest absolute Gasteiger partial charge is 0.528 e. The fraction of sp³-hybridized carbons (Fsp3) is 0. The summed E-state index contributed by atoms with van der Waals surface area (Å²) in [5, 5.41) is 0. The highest BCUT2D eigenvalue weighted by atomic mass is 16.5. The normalized spacial score (nSPS) is 6.40. The molecule has 0 bridgehead atoms. The van der Waals surface area contributed by atoms with E-state index in [9.17, 15) is 4.79 Å². The monoisotopic (exact) mass is 71.0 g/mol. The van der Waals surface area contributed by atoms with Crippen LogP contribution in [-0.4, -0.2) is 14.1 Å². The molecule has 4 heteroatoms. The smallest absolute Gasteiger partial charge is 0.385 e. The minimum Gasteiger partial charge on any atom is -0.528 e. The second kappa shape index (κ2) is 1.63. The van der Waals surface area contributed by atoms with Crippen molar-refractivity contribution in [3.8, 4) is 0 Å². The molecule has 0 aliphatic heterocycles. The summed E-state index contributed by atoms with van der Waals surface area (Å²) >= 11 is 0. The molecular formula is CH2BNO2. The van der Waals surface area contributed by atoms with Gasteiger partial charge in [-0.1, -0.05) is 0 Å². The average Bonchev–Trinajstić information content (AvgIpc) is 1.38. The molecule has 3 nitrogen and oxygen atoms in total. The van der Waals surface area contributed by atoms with Crippen molar-refractivity contribution in [3.63, 3.8) is 0 Å². The summed E-state index contributed by atoms with van der Waals surface area (Å²) < 4.78 is 3.39. The molecule has 26 valence electrons. The number of nitrogens with two attached hydrogens (primary N) is 1. The fourth-order valence-corrected chi connectivity index (χ4v) is 0.